The number of ether oxygens (including phenoxy) is 2. The number of benzene rings is 1. The summed E-state index contributed by atoms with van der Waals surface area (Å²) in [5.41, 5.74) is 0.0831. The summed E-state index contributed by atoms with van der Waals surface area (Å²) in [7, 11) is 2.89. The molecule has 0 aliphatic carbocycles. The molecular weight excluding hydrogens is 364 g/mol. The quantitative estimate of drug-likeness (QED) is 0.785. The highest BCUT2D eigenvalue weighted by atomic mass is 79.9. The number of nitrogens with zero attached hydrogens (tertiary/aromatic N) is 1. The molecule has 1 saturated heterocycles. The van der Waals surface area contributed by atoms with Gasteiger partial charge in [0.25, 0.3) is 5.91 Å². The van der Waals surface area contributed by atoms with Crippen LogP contribution in [0.1, 0.15) is 30.1 Å². The number of aromatic hydroxyl groups is 1. The molecule has 2 rings (SSSR count). The van der Waals surface area contributed by atoms with Crippen LogP contribution >= 0.6 is 15.9 Å². The minimum Gasteiger partial charge on any atom is -0.504 e. The number of rotatable bonds is 6. The van der Waals surface area contributed by atoms with Crippen molar-refractivity contribution in [1.82, 2.24) is 10.2 Å². The van der Waals surface area contributed by atoms with E-state index in [2.05, 4.69) is 33.1 Å². The van der Waals surface area contributed by atoms with Gasteiger partial charge in [-0.1, -0.05) is 6.92 Å². The first kappa shape index (κ1) is 17.9. The van der Waals surface area contributed by atoms with Crippen LogP contribution in [-0.2, 0) is 0 Å². The molecule has 1 aromatic rings. The van der Waals surface area contributed by atoms with Crippen LogP contribution in [0.2, 0.25) is 0 Å². The predicted octanol–water partition coefficient (Wildman–Crippen LogP) is 2.39. The van der Waals surface area contributed by atoms with Gasteiger partial charge in [0.2, 0.25) is 0 Å². The van der Waals surface area contributed by atoms with Crippen LogP contribution in [-0.4, -0.2) is 55.8 Å². The van der Waals surface area contributed by atoms with Crippen molar-refractivity contribution in [1.29, 1.82) is 0 Å². The van der Waals surface area contributed by atoms with Gasteiger partial charge in [0, 0.05) is 18.7 Å². The van der Waals surface area contributed by atoms with E-state index in [0.717, 1.165) is 25.9 Å². The Morgan fingerprint density at radius 3 is 2.83 bits per heavy atom. The van der Waals surface area contributed by atoms with Crippen molar-refractivity contribution in [2.24, 2.45) is 0 Å². The fraction of sp³-hybridized carbons (Fsp3) is 0.562. The van der Waals surface area contributed by atoms with Crippen LogP contribution in [0.15, 0.2) is 10.5 Å². The fourth-order valence-electron chi connectivity index (χ4n) is 3.01. The Hall–Kier alpha value is -1.47. The molecule has 1 heterocycles. The van der Waals surface area contributed by atoms with Crippen molar-refractivity contribution in [2.45, 2.75) is 25.8 Å². The van der Waals surface area contributed by atoms with E-state index in [1.165, 1.54) is 14.2 Å². The van der Waals surface area contributed by atoms with Crippen molar-refractivity contribution in [3.05, 3.63) is 16.1 Å². The third kappa shape index (κ3) is 3.72. The van der Waals surface area contributed by atoms with Gasteiger partial charge in [-0.05, 0) is 41.9 Å². The normalized spacial score (nSPS) is 18.0. The summed E-state index contributed by atoms with van der Waals surface area (Å²) < 4.78 is 10.9. The molecule has 1 aliphatic rings. The smallest absolute Gasteiger partial charge is 0.259 e. The third-order valence-corrected chi connectivity index (χ3v) is 4.82. The molecule has 2 N–H and O–H groups in total. The molecule has 0 bridgehead atoms. The van der Waals surface area contributed by atoms with Crippen molar-refractivity contribution < 1.29 is 19.4 Å². The Labute approximate surface area is 144 Å². The van der Waals surface area contributed by atoms with Gasteiger partial charge in [-0.3, -0.25) is 9.69 Å². The lowest BCUT2D eigenvalue weighted by molar-refractivity contribution is 0.0934. The second-order valence-corrected chi connectivity index (χ2v) is 6.31. The number of carbonyl (C=O) groups is 1. The van der Waals surface area contributed by atoms with E-state index in [1.54, 1.807) is 6.07 Å². The molecule has 6 nitrogen and oxygen atoms in total. The average Bonchev–Trinajstić information content (AvgIpc) is 3.01. The van der Waals surface area contributed by atoms with E-state index in [4.69, 9.17) is 9.47 Å². The first-order valence-electron chi connectivity index (χ1n) is 7.69. The maximum Gasteiger partial charge on any atom is 0.259 e. The second kappa shape index (κ2) is 7.88. The fourth-order valence-corrected chi connectivity index (χ4v) is 3.57. The molecule has 23 heavy (non-hydrogen) atoms. The van der Waals surface area contributed by atoms with Crippen molar-refractivity contribution in [3.8, 4) is 17.2 Å². The molecule has 1 aromatic carbocycles. The summed E-state index contributed by atoms with van der Waals surface area (Å²) in [5, 5.41) is 13.2. The first-order valence-corrected chi connectivity index (χ1v) is 8.48. The van der Waals surface area contributed by atoms with Crippen LogP contribution in [0.3, 0.4) is 0 Å². The molecule has 0 saturated carbocycles. The van der Waals surface area contributed by atoms with Gasteiger partial charge < -0.3 is 19.9 Å². The van der Waals surface area contributed by atoms with Gasteiger partial charge in [0.05, 0.1) is 18.7 Å². The zero-order valence-electron chi connectivity index (χ0n) is 13.7. The Bertz CT molecular complexity index is 580. The first-order chi connectivity index (χ1) is 11.0. The van der Waals surface area contributed by atoms with E-state index >= 15 is 0 Å². The number of phenols is 1. The molecule has 1 amide bonds. The van der Waals surface area contributed by atoms with Gasteiger partial charge >= 0.3 is 0 Å². The van der Waals surface area contributed by atoms with Gasteiger partial charge in [0.15, 0.2) is 11.5 Å². The summed E-state index contributed by atoms with van der Waals surface area (Å²) in [6, 6.07) is 1.91. The summed E-state index contributed by atoms with van der Waals surface area (Å²) in [4.78, 5) is 14.9. The number of likely N-dealkylation sites (N-methyl/N-ethyl adjacent to an activating group) is 1. The summed E-state index contributed by atoms with van der Waals surface area (Å²) in [6.45, 7) is 4.70. The number of amides is 1. The lowest BCUT2D eigenvalue weighted by Crippen LogP contribution is -2.40. The summed E-state index contributed by atoms with van der Waals surface area (Å²) in [5.74, 6) is -0.0795. The Balaban J connectivity index is 2.19. The highest BCUT2D eigenvalue weighted by Crippen LogP contribution is 2.42. The maximum absolute atomic E-state index is 12.6. The Morgan fingerprint density at radius 2 is 2.22 bits per heavy atom. The second-order valence-electron chi connectivity index (χ2n) is 5.45. The number of hydrogen-bond acceptors (Lipinski definition) is 5. The van der Waals surface area contributed by atoms with Gasteiger partial charge in [0.1, 0.15) is 11.3 Å². The molecule has 0 unspecified atom stereocenters. The number of likely N-dealkylation sites (tertiary alicyclic amines) is 1. The molecule has 0 aromatic heterocycles. The van der Waals surface area contributed by atoms with Crippen molar-refractivity contribution in [2.75, 3.05) is 33.9 Å². The van der Waals surface area contributed by atoms with Crippen LogP contribution in [0.5, 0.6) is 17.2 Å². The molecule has 1 aliphatic heterocycles. The van der Waals surface area contributed by atoms with Crippen LogP contribution in [0.4, 0.5) is 0 Å². The predicted molar refractivity (Wildman–Crippen MR) is 91.5 cm³/mol. The largest absolute Gasteiger partial charge is 0.504 e. The van der Waals surface area contributed by atoms with Gasteiger partial charge in [-0.15, -0.1) is 0 Å². The van der Waals surface area contributed by atoms with Gasteiger partial charge in [-0.25, -0.2) is 0 Å². The van der Waals surface area contributed by atoms with E-state index in [0.29, 0.717) is 22.8 Å². The highest BCUT2D eigenvalue weighted by molar-refractivity contribution is 9.10. The van der Waals surface area contributed by atoms with Crippen LogP contribution in [0.25, 0.3) is 0 Å². The van der Waals surface area contributed by atoms with Crippen LogP contribution < -0.4 is 14.8 Å². The number of nitrogens with one attached hydrogen (secondary N) is 1. The molecule has 0 spiro atoms. The number of halogens is 1. The summed E-state index contributed by atoms with van der Waals surface area (Å²) in [6.07, 6.45) is 2.21. The summed E-state index contributed by atoms with van der Waals surface area (Å²) >= 11 is 3.34. The zero-order valence-corrected chi connectivity index (χ0v) is 15.3. The average molecular weight is 387 g/mol. The lowest BCUT2D eigenvalue weighted by atomic mass is 10.1. The number of methoxy groups -OCH3 is 2. The minimum atomic E-state index is -0.373. The molecule has 1 fully saturated rings. The van der Waals surface area contributed by atoms with E-state index in [9.17, 15) is 9.90 Å². The van der Waals surface area contributed by atoms with Crippen LogP contribution in [0, 0.1) is 0 Å². The maximum atomic E-state index is 12.6. The molecule has 128 valence electrons. The number of phenolic OH excluding ortho intramolecular Hbond substituents is 1. The SMILES string of the molecule is CCN1CCC[C@@H]1CNC(=O)c1c(O)c(OC)cc(Br)c1OC. The number of hydrogen-bond donors (Lipinski definition) is 2. The third-order valence-electron chi connectivity index (χ3n) is 4.23. The topological polar surface area (TPSA) is 71.0 Å². The molecular formula is C16H23BrN2O4. The monoisotopic (exact) mass is 386 g/mol. The zero-order chi connectivity index (χ0) is 17.0. The Morgan fingerprint density at radius 1 is 1.48 bits per heavy atom. The van der Waals surface area contributed by atoms with E-state index in [-0.39, 0.29) is 23.0 Å². The highest BCUT2D eigenvalue weighted by Gasteiger charge is 2.27. The lowest BCUT2D eigenvalue weighted by Gasteiger charge is -2.23. The Kier molecular flexibility index (Phi) is 6.12. The van der Waals surface area contributed by atoms with Crippen molar-refractivity contribution >= 4 is 21.8 Å². The molecule has 7 heteroatoms. The molecule has 1 atom stereocenters. The number of carbonyl (C=O) groups excluding carboxylic acids is 1. The molecule has 0 radical (unpaired) electrons. The van der Waals surface area contributed by atoms with Crippen molar-refractivity contribution in [3.63, 3.8) is 0 Å². The van der Waals surface area contributed by atoms with Gasteiger partial charge in [-0.2, -0.15) is 0 Å². The van der Waals surface area contributed by atoms with E-state index < -0.39 is 0 Å². The minimum absolute atomic E-state index is 0.0831. The van der Waals surface area contributed by atoms with E-state index in [1.807, 2.05) is 0 Å². The standard InChI is InChI=1S/C16H23BrN2O4/c1-4-19-7-5-6-10(19)9-18-16(21)13-14(20)12(22-2)8-11(17)15(13)23-3/h8,10,20H,4-7,9H2,1-3H3,(H,18,21)/t10-/m1/s1.